The first-order valence-electron chi connectivity index (χ1n) is 9.66. The van der Waals surface area contributed by atoms with Crippen molar-refractivity contribution in [3.05, 3.63) is 54.1 Å². The summed E-state index contributed by atoms with van der Waals surface area (Å²) in [5.41, 5.74) is 0.262. The minimum absolute atomic E-state index is 0.0263. The molecule has 7 nitrogen and oxygen atoms in total. The van der Waals surface area contributed by atoms with Crippen LogP contribution in [-0.4, -0.2) is 52.6 Å². The topological polar surface area (TPSA) is 84.9 Å². The van der Waals surface area contributed by atoms with Crippen LogP contribution in [0.25, 0.3) is 0 Å². The van der Waals surface area contributed by atoms with Crippen molar-refractivity contribution < 1.29 is 22.7 Å². The van der Waals surface area contributed by atoms with Crippen LogP contribution in [0.3, 0.4) is 0 Å². The highest BCUT2D eigenvalue weighted by Gasteiger charge is 2.24. The zero-order chi connectivity index (χ0) is 20.7. The first-order valence-corrected chi connectivity index (χ1v) is 11.1. The summed E-state index contributed by atoms with van der Waals surface area (Å²) < 4.78 is 38.6. The zero-order valence-electron chi connectivity index (χ0n) is 16.5. The van der Waals surface area contributed by atoms with E-state index in [0.717, 1.165) is 19.3 Å². The fourth-order valence-corrected chi connectivity index (χ4v) is 4.27. The molecule has 0 unspecified atom stereocenters. The Morgan fingerprint density at radius 3 is 2.48 bits per heavy atom. The molecule has 3 rings (SSSR count). The number of nitrogens with zero attached hydrogens (tertiary/aromatic N) is 1. The van der Waals surface area contributed by atoms with Gasteiger partial charge >= 0.3 is 0 Å². The highest BCUT2D eigenvalue weighted by Crippen LogP contribution is 2.25. The molecule has 0 saturated carbocycles. The molecule has 156 valence electrons. The summed E-state index contributed by atoms with van der Waals surface area (Å²) in [5.74, 6) is 0.837. The van der Waals surface area contributed by atoms with Gasteiger partial charge in [0.2, 0.25) is 10.0 Å². The summed E-state index contributed by atoms with van der Waals surface area (Å²) in [7, 11) is -2.31. The van der Waals surface area contributed by atoms with Crippen molar-refractivity contribution in [3.63, 3.8) is 0 Å². The summed E-state index contributed by atoms with van der Waals surface area (Å²) in [6.07, 6.45) is 3.01. The molecule has 0 atom stereocenters. The Bertz CT molecular complexity index is 925. The van der Waals surface area contributed by atoms with E-state index in [0.29, 0.717) is 24.6 Å². The molecule has 0 aromatic heterocycles. The van der Waals surface area contributed by atoms with Gasteiger partial charge in [-0.15, -0.1) is 0 Å². The molecule has 29 heavy (non-hydrogen) atoms. The van der Waals surface area contributed by atoms with Crippen molar-refractivity contribution in [2.24, 2.45) is 0 Å². The summed E-state index contributed by atoms with van der Waals surface area (Å²) >= 11 is 0. The lowest BCUT2D eigenvalue weighted by atomic mass is 10.1. The number of sulfonamides is 1. The van der Waals surface area contributed by atoms with Gasteiger partial charge in [0.15, 0.2) is 0 Å². The highest BCUT2D eigenvalue weighted by atomic mass is 32.2. The number of benzene rings is 2. The second-order valence-corrected chi connectivity index (χ2v) is 8.54. The Morgan fingerprint density at radius 1 is 1.07 bits per heavy atom. The second-order valence-electron chi connectivity index (χ2n) is 6.77. The number of carbonyl (C=O) groups excluding carboxylic acids is 1. The predicted octanol–water partition coefficient (Wildman–Crippen LogP) is 2.68. The molecule has 1 saturated heterocycles. The molecule has 1 aliphatic heterocycles. The number of hydrogen-bond acceptors (Lipinski definition) is 5. The van der Waals surface area contributed by atoms with E-state index in [2.05, 4.69) is 4.72 Å². The van der Waals surface area contributed by atoms with Crippen LogP contribution in [0.4, 0.5) is 0 Å². The van der Waals surface area contributed by atoms with Crippen molar-refractivity contribution >= 4 is 15.9 Å². The minimum atomic E-state index is -3.78. The number of piperidine rings is 1. The average Bonchev–Trinajstić information content (AvgIpc) is 2.77. The lowest BCUT2D eigenvalue weighted by Gasteiger charge is -2.27. The predicted molar refractivity (Wildman–Crippen MR) is 110 cm³/mol. The molecule has 0 spiro atoms. The summed E-state index contributed by atoms with van der Waals surface area (Å²) in [6, 6.07) is 13.5. The van der Waals surface area contributed by atoms with E-state index in [1.54, 1.807) is 17.0 Å². The maximum Gasteiger partial charge on any atom is 0.257 e. The van der Waals surface area contributed by atoms with Crippen molar-refractivity contribution in [2.45, 2.75) is 24.2 Å². The average molecular weight is 419 g/mol. The fourth-order valence-electron chi connectivity index (χ4n) is 3.23. The lowest BCUT2D eigenvalue weighted by molar-refractivity contribution is 0.0720. The van der Waals surface area contributed by atoms with E-state index in [1.807, 2.05) is 18.2 Å². The minimum Gasteiger partial charge on any atom is -0.496 e. The number of likely N-dealkylation sites (tertiary alicyclic amines) is 1. The van der Waals surface area contributed by atoms with E-state index >= 15 is 0 Å². The first kappa shape index (κ1) is 21.1. The van der Waals surface area contributed by atoms with Crippen molar-refractivity contribution in [2.75, 3.05) is 33.4 Å². The normalized spacial score (nSPS) is 14.4. The summed E-state index contributed by atoms with van der Waals surface area (Å²) in [5, 5.41) is 0. The van der Waals surface area contributed by atoms with Crippen LogP contribution in [0.5, 0.6) is 11.5 Å². The molecule has 0 bridgehead atoms. The number of amides is 1. The molecule has 1 aliphatic rings. The molecule has 1 heterocycles. The maximum atomic E-state index is 12.9. The standard InChI is InChI=1S/C21H26N2O5S/c1-27-20-11-10-18(16-19(20)21(24)23-13-6-3-7-14-23)29(25,26)22-12-15-28-17-8-4-2-5-9-17/h2,4-5,8-11,16,22H,3,6-7,12-15H2,1H3. The summed E-state index contributed by atoms with van der Waals surface area (Å²) in [6.45, 7) is 1.65. The Hall–Kier alpha value is -2.58. The Labute approximate surface area is 171 Å². The van der Waals surface area contributed by atoms with Crippen molar-refractivity contribution in [1.29, 1.82) is 0 Å². The van der Waals surface area contributed by atoms with E-state index < -0.39 is 10.0 Å². The molecule has 2 aromatic rings. The summed E-state index contributed by atoms with van der Waals surface area (Å²) in [4.78, 5) is 14.7. The van der Waals surface area contributed by atoms with Crippen LogP contribution >= 0.6 is 0 Å². The van der Waals surface area contributed by atoms with E-state index in [1.165, 1.54) is 25.3 Å². The van der Waals surface area contributed by atoms with Gasteiger partial charge in [0.25, 0.3) is 5.91 Å². The lowest BCUT2D eigenvalue weighted by Crippen LogP contribution is -2.36. The van der Waals surface area contributed by atoms with Gasteiger partial charge in [0, 0.05) is 19.6 Å². The van der Waals surface area contributed by atoms with Gasteiger partial charge in [-0.2, -0.15) is 0 Å². The van der Waals surface area contributed by atoms with Crippen LogP contribution in [0, 0.1) is 0 Å². The van der Waals surface area contributed by atoms with Gasteiger partial charge in [-0.25, -0.2) is 13.1 Å². The molecule has 1 amide bonds. The third-order valence-electron chi connectivity index (χ3n) is 4.76. The van der Waals surface area contributed by atoms with Gasteiger partial charge in [0.1, 0.15) is 18.1 Å². The van der Waals surface area contributed by atoms with Crippen LogP contribution < -0.4 is 14.2 Å². The molecule has 1 fully saturated rings. The third kappa shape index (κ3) is 5.48. The molecule has 0 radical (unpaired) electrons. The van der Waals surface area contributed by atoms with Crippen LogP contribution in [-0.2, 0) is 10.0 Å². The van der Waals surface area contributed by atoms with Crippen molar-refractivity contribution in [3.8, 4) is 11.5 Å². The maximum absolute atomic E-state index is 12.9. The molecular formula is C21H26N2O5S. The smallest absolute Gasteiger partial charge is 0.257 e. The number of methoxy groups -OCH3 is 1. The largest absolute Gasteiger partial charge is 0.496 e. The van der Waals surface area contributed by atoms with Gasteiger partial charge in [-0.3, -0.25) is 4.79 Å². The number of nitrogens with one attached hydrogen (secondary N) is 1. The molecule has 1 N–H and O–H groups in total. The number of para-hydroxylation sites is 1. The van der Waals surface area contributed by atoms with Gasteiger partial charge in [-0.05, 0) is 49.6 Å². The molecular weight excluding hydrogens is 392 g/mol. The monoisotopic (exact) mass is 418 g/mol. The van der Waals surface area contributed by atoms with Gasteiger partial charge in [0.05, 0.1) is 17.6 Å². The van der Waals surface area contributed by atoms with Crippen LogP contribution in [0.1, 0.15) is 29.6 Å². The zero-order valence-corrected chi connectivity index (χ0v) is 17.3. The third-order valence-corrected chi connectivity index (χ3v) is 6.22. The van der Waals surface area contributed by atoms with Crippen LogP contribution in [0.2, 0.25) is 0 Å². The van der Waals surface area contributed by atoms with Crippen molar-refractivity contribution in [1.82, 2.24) is 9.62 Å². The quantitative estimate of drug-likeness (QED) is 0.667. The molecule has 8 heteroatoms. The number of ether oxygens (including phenoxy) is 2. The van der Waals surface area contributed by atoms with E-state index in [-0.39, 0.29) is 29.5 Å². The highest BCUT2D eigenvalue weighted by molar-refractivity contribution is 7.89. The number of hydrogen-bond donors (Lipinski definition) is 1. The van der Waals surface area contributed by atoms with Crippen LogP contribution in [0.15, 0.2) is 53.4 Å². The Balaban J connectivity index is 1.69. The molecule has 0 aliphatic carbocycles. The second kappa shape index (κ2) is 9.76. The van der Waals surface area contributed by atoms with Gasteiger partial charge < -0.3 is 14.4 Å². The fraction of sp³-hybridized carbons (Fsp3) is 0.381. The SMILES string of the molecule is COc1ccc(S(=O)(=O)NCCOc2ccccc2)cc1C(=O)N1CCCCC1. The molecule has 2 aromatic carbocycles. The number of rotatable bonds is 8. The Morgan fingerprint density at radius 2 is 1.79 bits per heavy atom. The van der Waals surface area contributed by atoms with E-state index in [9.17, 15) is 13.2 Å². The number of carbonyl (C=O) groups is 1. The van der Waals surface area contributed by atoms with E-state index in [4.69, 9.17) is 9.47 Å². The Kier molecular flexibility index (Phi) is 7.11. The van der Waals surface area contributed by atoms with Gasteiger partial charge in [-0.1, -0.05) is 18.2 Å². The first-order chi connectivity index (χ1) is 14.0.